The van der Waals surface area contributed by atoms with Crippen LogP contribution in [-0.4, -0.2) is 17.9 Å². The number of carbonyl (C=O) groups is 2. The van der Waals surface area contributed by atoms with Crippen molar-refractivity contribution in [1.29, 1.82) is 0 Å². The summed E-state index contributed by atoms with van der Waals surface area (Å²) < 4.78 is 0. The van der Waals surface area contributed by atoms with Crippen molar-refractivity contribution in [2.45, 2.75) is 45.1 Å². The van der Waals surface area contributed by atoms with E-state index in [4.69, 9.17) is 5.73 Å². The lowest BCUT2D eigenvalue weighted by molar-refractivity contribution is -0.132. The van der Waals surface area contributed by atoms with Gasteiger partial charge in [-0.05, 0) is 19.8 Å². The third-order valence-corrected chi connectivity index (χ3v) is 2.70. The van der Waals surface area contributed by atoms with Crippen LogP contribution in [0.5, 0.6) is 0 Å². The molecule has 1 unspecified atom stereocenters. The van der Waals surface area contributed by atoms with Gasteiger partial charge in [-0.3, -0.25) is 20.4 Å². The SMILES string of the molecule is CC(N)C(=O)NNC(=O)C1CCCCC1. The fraction of sp³-hybridized carbons (Fsp3) is 0.800. The van der Waals surface area contributed by atoms with E-state index in [1.807, 2.05) is 0 Å². The van der Waals surface area contributed by atoms with Crippen LogP contribution in [0.25, 0.3) is 0 Å². The molecule has 0 aromatic rings. The number of hydrogen-bond acceptors (Lipinski definition) is 3. The first kappa shape index (κ1) is 12.0. The van der Waals surface area contributed by atoms with E-state index >= 15 is 0 Å². The summed E-state index contributed by atoms with van der Waals surface area (Å²) in [4.78, 5) is 22.6. The number of hydrazine groups is 1. The minimum Gasteiger partial charge on any atom is -0.320 e. The lowest BCUT2D eigenvalue weighted by Gasteiger charge is -2.21. The number of hydrogen-bond donors (Lipinski definition) is 3. The van der Waals surface area contributed by atoms with Gasteiger partial charge in [-0.25, -0.2) is 0 Å². The predicted octanol–water partition coefficient (Wildman–Crippen LogP) is 0.0613. The second-order valence-electron chi connectivity index (χ2n) is 4.10. The molecule has 0 aromatic carbocycles. The molecule has 0 bridgehead atoms. The molecule has 15 heavy (non-hydrogen) atoms. The molecule has 0 spiro atoms. The molecule has 5 nitrogen and oxygen atoms in total. The first-order valence-corrected chi connectivity index (χ1v) is 5.46. The summed E-state index contributed by atoms with van der Waals surface area (Å²) in [5, 5.41) is 0. The zero-order chi connectivity index (χ0) is 11.3. The van der Waals surface area contributed by atoms with Crippen LogP contribution in [0.1, 0.15) is 39.0 Å². The lowest BCUT2D eigenvalue weighted by atomic mass is 9.89. The van der Waals surface area contributed by atoms with Gasteiger partial charge >= 0.3 is 0 Å². The second kappa shape index (κ2) is 5.70. The van der Waals surface area contributed by atoms with E-state index in [2.05, 4.69) is 10.9 Å². The van der Waals surface area contributed by atoms with Crippen LogP contribution in [0.2, 0.25) is 0 Å². The van der Waals surface area contributed by atoms with Crippen LogP contribution >= 0.6 is 0 Å². The van der Waals surface area contributed by atoms with Crippen LogP contribution in [0.3, 0.4) is 0 Å². The number of amides is 2. The normalized spacial score (nSPS) is 19.3. The van der Waals surface area contributed by atoms with Crippen LogP contribution in [0, 0.1) is 5.92 Å². The van der Waals surface area contributed by atoms with Gasteiger partial charge in [0.2, 0.25) is 5.91 Å². The molecule has 1 aliphatic rings. The van der Waals surface area contributed by atoms with E-state index in [1.54, 1.807) is 6.92 Å². The molecule has 0 aliphatic heterocycles. The van der Waals surface area contributed by atoms with E-state index < -0.39 is 6.04 Å². The van der Waals surface area contributed by atoms with Gasteiger partial charge in [-0.1, -0.05) is 19.3 Å². The maximum absolute atomic E-state index is 11.6. The molecule has 1 saturated carbocycles. The number of rotatable bonds is 2. The quantitative estimate of drug-likeness (QED) is 0.567. The highest BCUT2D eigenvalue weighted by Crippen LogP contribution is 2.23. The maximum atomic E-state index is 11.6. The molecule has 86 valence electrons. The molecule has 0 saturated heterocycles. The molecule has 2 amide bonds. The van der Waals surface area contributed by atoms with Crippen LogP contribution in [-0.2, 0) is 9.59 Å². The summed E-state index contributed by atoms with van der Waals surface area (Å²) in [6.45, 7) is 1.57. The minimum atomic E-state index is -0.600. The second-order valence-corrected chi connectivity index (χ2v) is 4.10. The van der Waals surface area contributed by atoms with Gasteiger partial charge in [-0.15, -0.1) is 0 Å². The maximum Gasteiger partial charge on any atom is 0.254 e. The Labute approximate surface area is 89.8 Å². The van der Waals surface area contributed by atoms with Crippen molar-refractivity contribution in [3.8, 4) is 0 Å². The van der Waals surface area contributed by atoms with E-state index in [9.17, 15) is 9.59 Å². The Hall–Kier alpha value is -1.10. The molecule has 0 heterocycles. The van der Waals surface area contributed by atoms with Crippen molar-refractivity contribution < 1.29 is 9.59 Å². The average Bonchev–Trinajstić information content (AvgIpc) is 2.26. The molecule has 1 rings (SSSR count). The highest BCUT2D eigenvalue weighted by Gasteiger charge is 2.21. The van der Waals surface area contributed by atoms with Gasteiger partial charge in [0, 0.05) is 5.92 Å². The first-order chi connectivity index (χ1) is 7.11. The van der Waals surface area contributed by atoms with Crippen molar-refractivity contribution in [2.24, 2.45) is 11.7 Å². The molecular weight excluding hydrogens is 194 g/mol. The van der Waals surface area contributed by atoms with E-state index in [0.29, 0.717) is 0 Å². The molecule has 1 aliphatic carbocycles. The van der Waals surface area contributed by atoms with Crippen molar-refractivity contribution in [1.82, 2.24) is 10.9 Å². The molecule has 0 radical (unpaired) electrons. The molecular formula is C10H19N3O2. The number of nitrogens with two attached hydrogens (primary N) is 1. The van der Waals surface area contributed by atoms with Crippen molar-refractivity contribution >= 4 is 11.8 Å². The first-order valence-electron chi connectivity index (χ1n) is 5.46. The van der Waals surface area contributed by atoms with Gasteiger partial charge in [0.05, 0.1) is 6.04 Å². The van der Waals surface area contributed by atoms with Gasteiger partial charge in [-0.2, -0.15) is 0 Å². The van der Waals surface area contributed by atoms with Gasteiger partial charge in [0.25, 0.3) is 5.91 Å². The number of nitrogens with one attached hydrogen (secondary N) is 2. The zero-order valence-corrected chi connectivity index (χ0v) is 9.08. The van der Waals surface area contributed by atoms with Crippen LogP contribution in [0.15, 0.2) is 0 Å². The summed E-state index contributed by atoms with van der Waals surface area (Å²) in [6.07, 6.45) is 5.23. The topological polar surface area (TPSA) is 84.2 Å². The van der Waals surface area contributed by atoms with E-state index in [-0.39, 0.29) is 17.7 Å². The monoisotopic (exact) mass is 213 g/mol. The molecule has 0 aromatic heterocycles. The fourth-order valence-electron chi connectivity index (χ4n) is 1.70. The third-order valence-electron chi connectivity index (χ3n) is 2.70. The standard InChI is InChI=1S/C10H19N3O2/c1-7(11)9(14)12-13-10(15)8-5-3-2-4-6-8/h7-8H,2-6,11H2,1H3,(H,12,14)(H,13,15). The molecule has 4 N–H and O–H groups in total. The van der Waals surface area contributed by atoms with Crippen molar-refractivity contribution in [3.63, 3.8) is 0 Å². The molecule has 1 atom stereocenters. The highest BCUT2D eigenvalue weighted by molar-refractivity contribution is 5.85. The Morgan fingerprint density at radius 3 is 2.33 bits per heavy atom. The Morgan fingerprint density at radius 1 is 1.20 bits per heavy atom. The summed E-state index contributed by atoms with van der Waals surface area (Å²) in [5.41, 5.74) is 10.1. The predicted molar refractivity (Wildman–Crippen MR) is 56.5 cm³/mol. The van der Waals surface area contributed by atoms with Crippen LogP contribution < -0.4 is 16.6 Å². The van der Waals surface area contributed by atoms with Crippen LogP contribution in [0.4, 0.5) is 0 Å². The summed E-state index contributed by atoms with van der Waals surface area (Å²) >= 11 is 0. The molecule has 1 fully saturated rings. The van der Waals surface area contributed by atoms with Gasteiger partial charge in [0.15, 0.2) is 0 Å². The minimum absolute atomic E-state index is 0.0483. The molecule has 5 heteroatoms. The Kier molecular flexibility index (Phi) is 4.55. The van der Waals surface area contributed by atoms with Gasteiger partial charge < -0.3 is 5.73 Å². The Morgan fingerprint density at radius 2 is 1.80 bits per heavy atom. The summed E-state index contributed by atoms with van der Waals surface area (Å²) in [5.74, 6) is -0.407. The van der Waals surface area contributed by atoms with Gasteiger partial charge in [0.1, 0.15) is 0 Å². The smallest absolute Gasteiger partial charge is 0.254 e. The zero-order valence-electron chi connectivity index (χ0n) is 9.08. The van der Waals surface area contributed by atoms with E-state index in [1.165, 1.54) is 6.42 Å². The summed E-state index contributed by atoms with van der Waals surface area (Å²) in [7, 11) is 0. The third kappa shape index (κ3) is 3.87. The largest absolute Gasteiger partial charge is 0.320 e. The van der Waals surface area contributed by atoms with E-state index in [0.717, 1.165) is 25.7 Å². The Bertz CT molecular complexity index is 235. The highest BCUT2D eigenvalue weighted by atomic mass is 16.2. The summed E-state index contributed by atoms with van der Waals surface area (Å²) in [6, 6.07) is -0.600. The number of carbonyl (C=O) groups excluding carboxylic acids is 2. The van der Waals surface area contributed by atoms with Crippen molar-refractivity contribution in [3.05, 3.63) is 0 Å². The Balaban J connectivity index is 2.26. The average molecular weight is 213 g/mol. The lowest BCUT2D eigenvalue weighted by Crippen LogP contribution is -2.50. The van der Waals surface area contributed by atoms with Crippen molar-refractivity contribution in [2.75, 3.05) is 0 Å². The fourth-order valence-corrected chi connectivity index (χ4v) is 1.70.